The van der Waals surface area contributed by atoms with Crippen molar-refractivity contribution in [2.24, 2.45) is 0 Å². The standard InChI is InChI=1S/C40H26N4O3/c1-25-23-24-30-29-15-8-19-34(39(29)47-40(30)41-25)45-36-21-10-22-37(43-36)46-35-20-9-17-32(42-35)31-16-7-14-28-27-13-5-6-18-33(27)44(38(28)31)26-11-3-2-4-12-26/h2-24H,1H3. The molecule has 0 unspecified atom stereocenters. The first-order valence-corrected chi connectivity index (χ1v) is 15.4. The summed E-state index contributed by atoms with van der Waals surface area (Å²) in [5, 5.41) is 4.21. The third-order valence-corrected chi connectivity index (χ3v) is 8.30. The minimum Gasteiger partial charge on any atom is -0.435 e. The summed E-state index contributed by atoms with van der Waals surface area (Å²) in [4.78, 5) is 14.1. The van der Waals surface area contributed by atoms with Crippen LogP contribution < -0.4 is 9.47 Å². The molecule has 0 aliphatic rings. The molecule has 47 heavy (non-hydrogen) atoms. The quantitative estimate of drug-likeness (QED) is 0.186. The summed E-state index contributed by atoms with van der Waals surface area (Å²) in [5.41, 5.74) is 7.19. The largest absolute Gasteiger partial charge is 0.435 e. The lowest BCUT2D eigenvalue weighted by Crippen LogP contribution is -1.97. The summed E-state index contributed by atoms with van der Waals surface area (Å²) in [6.45, 7) is 1.94. The molecule has 7 heteroatoms. The van der Waals surface area contributed by atoms with Gasteiger partial charge in [0.15, 0.2) is 11.3 Å². The number of aromatic nitrogens is 4. The van der Waals surface area contributed by atoms with E-state index in [0.717, 1.165) is 49.8 Å². The fourth-order valence-electron chi connectivity index (χ4n) is 6.25. The van der Waals surface area contributed by atoms with E-state index in [-0.39, 0.29) is 0 Å². The van der Waals surface area contributed by atoms with E-state index in [1.165, 1.54) is 5.39 Å². The zero-order valence-electron chi connectivity index (χ0n) is 25.3. The monoisotopic (exact) mass is 610 g/mol. The van der Waals surface area contributed by atoms with Gasteiger partial charge in [-0.3, -0.25) is 0 Å². The third kappa shape index (κ3) is 4.64. The van der Waals surface area contributed by atoms with E-state index < -0.39 is 0 Å². The van der Waals surface area contributed by atoms with E-state index in [1.54, 1.807) is 12.1 Å². The van der Waals surface area contributed by atoms with Crippen LogP contribution in [-0.4, -0.2) is 19.5 Å². The second-order valence-electron chi connectivity index (χ2n) is 11.3. The number of rotatable bonds is 6. The maximum absolute atomic E-state index is 6.22. The molecule has 0 aliphatic carbocycles. The van der Waals surface area contributed by atoms with Crippen molar-refractivity contribution < 1.29 is 13.9 Å². The highest BCUT2D eigenvalue weighted by molar-refractivity contribution is 6.13. The van der Waals surface area contributed by atoms with E-state index in [2.05, 4.69) is 81.3 Å². The van der Waals surface area contributed by atoms with Gasteiger partial charge in [0.2, 0.25) is 23.4 Å². The molecule has 0 bridgehead atoms. The fourth-order valence-corrected chi connectivity index (χ4v) is 6.25. The van der Waals surface area contributed by atoms with Crippen LogP contribution in [0.4, 0.5) is 0 Å². The average Bonchev–Trinajstić information content (AvgIpc) is 3.65. The molecule has 0 saturated carbocycles. The van der Waals surface area contributed by atoms with Crippen molar-refractivity contribution in [3.05, 3.63) is 145 Å². The highest BCUT2D eigenvalue weighted by Crippen LogP contribution is 2.39. The normalized spacial score (nSPS) is 11.5. The molecule has 0 spiro atoms. The van der Waals surface area contributed by atoms with E-state index in [1.807, 2.05) is 67.6 Å². The van der Waals surface area contributed by atoms with Crippen LogP contribution in [0.1, 0.15) is 5.69 Å². The highest BCUT2D eigenvalue weighted by atomic mass is 16.5. The zero-order chi connectivity index (χ0) is 31.3. The number of fused-ring (bicyclic) bond motifs is 6. The van der Waals surface area contributed by atoms with E-state index in [0.29, 0.717) is 34.7 Å². The van der Waals surface area contributed by atoms with E-state index in [9.17, 15) is 0 Å². The van der Waals surface area contributed by atoms with Gasteiger partial charge in [-0.05, 0) is 49.4 Å². The molecule has 5 heterocycles. The molecule has 224 valence electrons. The molecule has 9 aromatic rings. The van der Waals surface area contributed by atoms with Crippen LogP contribution in [0.25, 0.3) is 60.8 Å². The highest BCUT2D eigenvalue weighted by Gasteiger charge is 2.18. The van der Waals surface area contributed by atoms with Crippen molar-refractivity contribution in [3.8, 4) is 40.3 Å². The van der Waals surface area contributed by atoms with Gasteiger partial charge in [-0.15, -0.1) is 0 Å². The fraction of sp³-hybridized carbons (Fsp3) is 0.0250. The Morgan fingerprint density at radius 3 is 2.13 bits per heavy atom. The van der Waals surface area contributed by atoms with Crippen LogP contribution in [0.5, 0.6) is 23.4 Å². The Labute approximate surface area is 269 Å². The Bertz CT molecular complexity index is 2610. The van der Waals surface area contributed by atoms with E-state index in [4.69, 9.17) is 18.9 Å². The molecule has 0 radical (unpaired) electrons. The first kappa shape index (κ1) is 26.9. The molecule has 0 aliphatic heterocycles. The summed E-state index contributed by atoms with van der Waals surface area (Å²) in [6, 6.07) is 46.2. The van der Waals surface area contributed by atoms with Crippen molar-refractivity contribution in [1.29, 1.82) is 0 Å². The lowest BCUT2D eigenvalue weighted by Gasteiger charge is -2.12. The van der Waals surface area contributed by atoms with E-state index >= 15 is 0 Å². The van der Waals surface area contributed by atoms with Gasteiger partial charge < -0.3 is 18.5 Å². The third-order valence-electron chi connectivity index (χ3n) is 8.30. The summed E-state index contributed by atoms with van der Waals surface area (Å²) < 4.78 is 20.8. The second kappa shape index (κ2) is 10.9. The Morgan fingerprint density at radius 1 is 0.532 bits per heavy atom. The molecule has 0 saturated heterocycles. The number of furan rings is 1. The van der Waals surface area contributed by atoms with Gasteiger partial charge in [0, 0.05) is 56.7 Å². The number of aryl methyl sites for hydroxylation is 1. The first-order valence-electron chi connectivity index (χ1n) is 15.4. The predicted octanol–water partition coefficient (Wildman–Crippen LogP) is 10.4. The van der Waals surface area contributed by atoms with Gasteiger partial charge in [-0.2, -0.15) is 4.98 Å². The van der Waals surface area contributed by atoms with Gasteiger partial charge in [0.1, 0.15) is 0 Å². The summed E-state index contributed by atoms with van der Waals surface area (Å²) >= 11 is 0. The number of ether oxygens (including phenoxy) is 2. The molecule has 9 rings (SSSR count). The number of benzene rings is 4. The minimum absolute atomic E-state index is 0.359. The molecular weight excluding hydrogens is 584 g/mol. The average molecular weight is 611 g/mol. The maximum Gasteiger partial charge on any atom is 0.227 e. The number of nitrogens with zero attached hydrogens (tertiary/aromatic N) is 4. The van der Waals surface area contributed by atoms with Crippen LogP contribution in [0.15, 0.2) is 144 Å². The van der Waals surface area contributed by atoms with Gasteiger partial charge in [0.25, 0.3) is 0 Å². The zero-order valence-corrected chi connectivity index (χ0v) is 25.3. The topological polar surface area (TPSA) is 75.2 Å². The Kier molecular flexibility index (Phi) is 6.21. The molecular formula is C40H26N4O3. The number of pyridine rings is 3. The van der Waals surface area contributed by atoms with Crippen LogP contribution in [0.2, 0.25) is 0 Å². The Morgan fingerprint density at radius 2 is 1.23 bits per heavy atom. The maximum atomic E-state index is 6.22. The van der Waals surface area contributed by atoms with Crippen molar-refractivity contribution >= 4 is 43.9 Å². The molecule has 0 fully saturated rings. The predicted molar refractivity (Wildman–Crippen MR) is 185 cm³/mol. The first-order chi connectivity index (χ1) is 23.2. The van der Waals surface area contributed by atoms with Gasteiger partial charge in [-0.25, -0.2) is 9.97 Å². The summed E-state index contributed by atoms with van der Waals surface area (Å²) in [6.07, 6.45) is 0. The number of hydrogen-bond acceptors (Lipinski definition) is 6. The van der Waals surface area contributed by atoms with Crippen LogP contribution in [0, 0.1) is 6.92 Å². The van der Waals surface area contributed by atoms with Gasteiger partial charge >= 0.3 is 0 Å². The molecule has 5 aromatic heterocycles. The summed E-state index contributed by atoms with van der Waals surface area (Å²) in [5.74, 6) is 1.70. The molecule has 0 amide bonds. The molecule has 7 nitrogen and oxygen atoms in total. The lowest BCUT2D eigenvalue weighted by molar-refractivity contribution is 0.416. The van der Waals surface area contributed by atoms with Crippen molar-refractivity contribution in [1.82, 2.24) is 19.5 Å². The smallest absolute Gasteiger partial charge is 0.227 e. The SMILES string of the molecule is Cc1ccc2c(n1)oc1c(Oc3cccc(Oc4cccc(-c5cccc6c7ccccc7n(-c7ccccc7)c56)n4)n3)cccc12. The summed E-state index contributed by atoms with van der Waals surface area (Å²) in [7, 11) is 0. The van der Waals surface area contributed by atoms with Crippen molar-refractivity contribution in [3.63, 3.8) is 0 Å². The number of para-hydroxylation sites is 4. The van der Waals surface area contributed by atoms with Crippen LogP contribution in [0.3, 0.4) is 0 Å². The minimum atomic E-state index is 0.359. The molecule has 4 aromatic carbocycles. The van der Waals surface area contributed by atoms with Gasteiger partial charge in [0.05, 0.1) is 16.7 Å². The van der Waals surface area contributed by atoms with Crippen molar-refractivity contribution in [2.45, 2.75) is 6.92 Å². The number of hydrogen-bond donors (Lipinski definition) is 0. The molecule has 0 N–H and O–H groups in total. The van der Waals surface area contributed by atoms with Crippen molar-refractivity contribution in [2.75, 3.05) is 0 Å². The molecule has 0 atom stereocenters. The Hall–Kier alpha value is -6.47. The Balaban J connectivity index is 1.07. The van der Waals surface area contributed by atoms with Crippen LogP contribution in [-0.2, 0) is 0 Å². The lowest BCUT2D eigenvalue weighted by atomic mass is 10.1. The van der Waals surface area contributed by atoms with Gasteiger partial charge in [-0.1, -0.05) is 78.9 Å². The second-order valence-corrected chi connectivity index (χ2v) is 11.3. The van der Waals surface area contributed by atoms with Crippen LogP contribution >= 0.6 is 0 Å².